The third-order valence-electron chi connectivity index (χ3n) is 3.33. The molecule has 1 N–H and O–H groups in total. The van der Waals surface area contributed by atoms with Crippen molar-refractivity contribution >= 4 is 34.8 Å². The number of pyridine rings is 1. The Labute approximate surface area is 124 Å². The van der Waals surface area contributed by atoms with Crippen LogP contribution in [-0.4, -0.2) is 37.8 Å². The van der Waals surface area contributed by atoms with Gasteiger partial charge in [0.25, 0.3) is 0 Å². The van der Waals surface area contributed by atoms with E-state index in [4.69, 9.17) is 27.9 Å². The van der Waals surface area contributed by atoms with Crippen LogP contribution in [0.25, 0.3) is 0 Å². The summed E-state index contributed by atoms with van der Waals surface area (Å²) in [5, 5.41) is 4.31. The van der Waals surface area contributed by atoms with Crippen molar-refractivity contribution in [2.45, 2.75) is 25.9 Å². The Balaban J connectivity index is 2.17. The first-order valence-electron chi connectivity index (χ1n) is 6.53. The Morgan fingerprint density at radius 2 is 2.05 bits per heavy atom. The van der Waals surface area contributed by atoms with E-state index in [9.17, 15) is 0 Å². The van der Waals surface area contributed by atoms with E-state index in [1.807, 2.05) is 6.92 Å². The molecule has 6 heteroatoms. The molecule has 0 amide bonds. The summed E-state index contributed by atoms with van der Waals surface area (Å²) < 4.78 is 5.37. The minimum absolute atomic E-state index is 0.343. The van der Waals surface area contributed by atoms with Gasteiger partial charge in [-0.25, -0.2) is 4.98 Å². The molecule has 0 unspecified atom stereocenters. The molecule has 0 bridgehead atoms. The number of nitrogens with zero attached hydrogens (tertiary/aromatic N) is 2. The summed E-state index contributed by atoms with van der Waals surface area (Å²) in [5.41, 5.74) is 0. The van der Waals surface area contributed by atoms with Crippen molar-refractivity contribution < 1.29 is 4.74 Å². The van der Waals surface area contributed by atoms with Gasteiger partial charge >= 0.3 is 0 Å². The molecule has 1 aromatic rings. The van der Waals surface area contributed by atoms with Crippen molar-refractivity contribution in [1.29, 1.82) is 0 Å². The molecule has 1 aliphatic heterocycles. The van der Waals surface area contributed by atoms with Gasteiger partial charge in [0.1, 0.15) is 11.6 Å². The number of hydrogen-bond acceptors (Lipinski definition) is 4. The fraction of sp³-hybridized carbons (Fsp3) is 0.615. The summed E-state index contributed by atoms with van der Waals surface area (Å²) in [6.07, 6.45) is 2.33. The predicted octanol–water partition coefficient (Wildman–Crippen LogP) is 3.44. The molecule has 0 atom stereocenters. The number of aromatic nitrogens is 1. The number of rotatable bonds is 4. The molecule has 2 heterocycles. The highest BCUT2D eigenvalue weighted by Crippen LogP contribution is 2.32. The zero-order valence-corrected chi connectivity index (χ0v) is 12.8. The van der Waals surface area contributed by atoms with Gasteiger partial charge in [-0.2, -0.15) is 0 Å². The van der Waals surface area contributed by atoms with Crippen molar-refractivity contribution in [3.8, 4) is 0 Å². The monoisotopic (exact) mass is 303 g/mol. The van der Waals surface area contributed by atoms with Gasteiger partial charge < -0.3 is 15.0 Å². The lowest BCUT2D eigenvalue weighted by molar-refractivity contribution is 0.0818. The first kappa shape index (κ1) is 14.7. The second-order valence-corrected chi connectivity index (χ2v) is 5.39. The third-order valence-corrected chi connectivity index (χ3v) is 3.90. The zero-order valence-electron chi connectivity index (χ0n) is 11.2. The van der Waals surface area contributed by atoms with Crippen LogP contribution in [-0.2, 0) is 4.74 Å². The van der Waals surface area contributed by atoms with Gasteiger partial charge in [-0.15, -0.1) is 0 Å². The summed E-state index contributed by atoms with van der Waals surface area (Å²) in [7, 11) is 1.76. The van der Waals surface area contributed by atoms with Crippen LogP contribution in [0.1, 0.15) is 19.8 Å². The molecule has 1 aromatic heterocycles. The molecular formula is C13H19Cl2N3O. The number of halogens is 2. The van der Waals surface area contributed by atoms with Crippen LogP contribution < -0.4 is 10.2 Å². The number of anilines is 2. The maximum absolute atomic E-state index is 6.26. The fourth-order valence-corrected chi connectivity index (χ4v) is 2.82. The van der Waals surface area contributed by atoms with E-state index < -0.39 is 0 Å². The number of nitrogens with one attached hydrogen (secondary N) is 1. The Kier molecular flexibility index (Phi) is 5.13. The summed E-state index contributed by atoms with van der Waals surface area (Å²) in [6, 6.07) is 1.76. The highest BCUT2D eigenvalue weighted by Gasteiger charge is 2.22. The molecule has 0 aromatic carbocycles. The normalized spacial score (nSPS) is 16.7. The maximum atomic E-state index is 6.26. The number of piperidine rings is 1. The van der Waals surface area contributed by atoms with Crippen molar-refractivity contribution in [3.05, 3.63) is 16.1 Å². The SMILES string of the molecule is CCNc1nc(N2CCC(OC)CC2)c(Cl)cc1Cl. The first-order valence-corrected chi connectivity index (χ1v) is 7.29. The van der Waals surface area contributed by atoms with Crippen LogP contribution in [0.2, 0.25) is 10.0 Å². The van der Waals surface area contributed by atoms with Crippen LogP contribution in [0.5, 0.6) is 0 Å². The predicted molar refractivity (Wildman–Crippen MR) is 80.7 cm³/mol. The maximum Gasteiger partial charge on any atom is 0.149 e. The van der Waals surface area contributed by atoms with E-state index >= 15 is 0 Å². The smallest absolute Gasteiger partial charge is 0.149 e. The minimum Gasteiger partial charge on any atom is -0.381 e. The van der Waals surface area contributed by atoms with E-state index in [-0.39, 0.29) is 0 Å². The average Bonchev–Trinajstić information content (AvgIpc) is 2.42. The second-order valence-electron chi connectivity index (χ2n) is 4.58. The fourth-order valence-electron chi connectivity index (χ4n) is 2.27. The first-order chi connectivity index (χ1) is 9.15. The molecule has 106 valence electrons. The van der Waals surface area contributed by atoms with E-state index in [1.165, 1.54) is 0 Å². The van der Waals surface area contributed by atoms with Crippen LogP contribution in [0.3, 0.4) is 0 Å². The topological polar surface area (TPSA) is 37.4 Å². The lowest BCUT2D eigenvalue weighted by atomic mass is 10.1. The third kappa shape index (κ3) is 3.44. The molecular weight excluding hydrogens is 285 g/mol. The standard InChI is InChI=1S/C13H19Cl2N3O/c1-3-16-12-10(14)8-11(15)13(17-12)18-6-4-9(19-2)5-7-18/h8-9H,3-7H2,1-2H3,(H,16,17). The molecule has 2 rings (SSSR count). The van der Waals surface area contributed by atoms with E-state index in [0.717, 1.165) is 38.3 Å². The van der Waals surface area contributed by atoms with Gasteiger partial charge in [-0.3, -0.25) is 0 Å². The van der Waals surface area contributed by atoms with Crippen LogP contribution >= 0.6 is 23.2 Å². The van der Waals surface area contributed by atoms with Gasteiger partial charge in [0, 0.05) is 26.7 Å². The van der Waals surface area contributed by atoms with Gasteiger partial charge in [-0.05, 0) is 25.8 Å². The largest absolute Gasteiger partial charge is 0.381 e. The summed E-state index contributed by atoms with van der Waals surface area (Å²) >= 11 is 12.4. The van der Waals surface area contributed by atoms with Crippen LogP contribution in [0.4, 0.5) is 11.6 Å². The Morgan fingerprint density at radius 1 is 1.37 bits per heavy atom. The molecule has 0 aliphatic carbocycles. The molecule has 1 aliphatic rings. The summed E-state index contributed by atoms with van der Waals surface area (Å²) in [4.78, 5) is 6.74. The quantitative estimate of drug-likeness (QED) is 0.924. The number of hydrogen-bond donors (Lipinski definition) is 1. The molecule has 0 radical (unpaired) electrons. The lowest BCUT2D eigenvalue weighted by Gasteiger charge is -2.32. The minimum atomic E-state index is 0.343. The molecule has 19 heavy (non-hydrogen) atoms. The molecule has 1 saturated heterocycles. The summed E-state index contributed by atoms with van der Waals surface area (Å²) in [6.45, 7) is 4.59. The van der Waals surface area contributed by atoms with Crippen LogP contribution in [0.15, 0.2) is 6.07 Å². The van der Waals surface area contributed by atoms with Crippen molar-refractivity contribution in [2.75, 3.05) is 37.0 Å². The zero-order chi connectivity index (χ0) is 13.8. The molecule has 0 spiro atoms. The number of ether oxygens (including phenoxy) is 1. The second kappa shape index (κ2) is 6.64. The van der Waals surface area contributed by atoms with Crippen molar-refractivity contribution in [2.24, 2.45) is 0 Å². The van der Waals surface area contributed by atoms with Crippen molar-refractivity contribution in [1.82, 2.24) is 4.98 Å². The lowest BCUT2D eigenvalue weighted by Crippen LogP contribution is -2.37. The van der Waals surface area contributed by atoms with Gasteiger partial charge in [-0.1, -0.05) is 23.2 Å². The van der Waals surface area contributed by atoms with Crippen LogP contribution in [0, 0.1) is 0 Å². The Bertz CT molecular complexity index is 434. The highest BCUT2D eigenvalue weighted by atomic mass is 35.5. The molecule has 0 saturated carbocycles. The van der Waals surface area contributed by atoms with E-state index in [0.29, 0.717) is 22.0 Å². The van der Waals surface area contributed by atoms with Crippen molar-refractivity contribution in [3.63, 3.8) is 0 Å². The number of methoxy groups -OCH3 is 1. The van der Waals surface area contributed by atoms with E-state index in [2.05, 4.69) is 15.2 Å². The highest BCUT2D eigenvalue weighted by molar-refractivity contribution is 6.37. The molecule has 4 nitrogen and oxygen atoms in total. The van der Waals surface area contributed by atoms with Gasteiger partial charge in [0.2, 0.25) is 0 Å². The average molecular weight is 304 g/mol. The van der Waals surface area contributed by atoms with Gasteiger partial charge in [0.15, 0.2) is 0 Å². The van der Waals surface area contributed by atoms with E-state index in [1.54, 1.807) is 13.2 Å². The van der Waals surface area contributed by atoms with Gasteiger partial charge in [0.05, 0.1) is 16.1 Å². The molecule has 1 fully saturated rings. The Morgan fingerprint density at radius 3 is 2.63 bits per heavy atom. The summed E-state index contributed by atoms with van der Waals surface area (Å²) in [5.74, 6) is 1.49. The Hall–Kier alpha value is -0.710.